The van der Waals surface area contributed by atoms with Gasteiger partial charge in [-0.25, -0.2) is 8.42 Å². The van der Waals surface area contributed by atoms with Crippen molar-refractivity contribution >= 4 is 31.7 Å². The van der Waals surface area contributed by atoms with Crippen LogP contribution in [0.3, 0.4) is 0 Å². The van der Waals surface area contributed by atoms with Crippen molar-refractivity contribution in [3.05, 3.63) is 60.7 Å². The molecule has 108 valence electrons. The van der Waals surface area contributed by atoms with Crippen LogP contribution in [0.4, 0.5) is 21.0 Å². The zero-order valence-corrected chi connectivity index (χ0v) is 11.6. The number of benzene rings is 2. The van der Waals surface area contributed by atoms with Crippen LogP contribution in [0, 0.1) is 0 Å². The molecule has 21 heavy (non-hydrogen) atoms. The number of carbonyl (C=O) groups is 2. The fraction of sp³-hybridized carbons (Fsp3) is 0. The predicted octanol–water partition coefficient (Wildman–Crippen LogP) is 2.87. The summed E-state index contributed by atoms with van der Waals surface area (Å²) < 4.78 is 23.6. The van der Waals surface area contributed by atoms with Crippen molar-refractivity contribution in [1.29, 1.82) is 0 Å². The molecule has 0 aliphatic rings. The number of rotatable bonds is 2. The first-order valence-electron chi connectivity index (χ1n) is 5.97. The van der Waals surface area contributed by atoms with E-state index in [9.17, 15) is 18.0 Å². The Kier molecular flexibility index (Phi) is 4.34. The first-order chi connectivity index (χ1) is 10.00. The summed E-state index contributed by atoms with van der Waals surface area (Å²) >= 11 is 0. The van der Waals surface area contributed by atoms with Gasteiger partial charge in [0.05, 0.1) is 0 Å². The molecule has 0 aliphatic heterocycles. The third kappa shape index (κ3) is 3.67. The van der Waals surface area contributed by atoms with Gasteiger partial charge in [0.15, 0.2) is 0 Å². The standard InChI is InChI=1S/C14H12N2O4S/c17-13(15-11-7-3-1-4-8-11)21(19,20)14(18)16-12-9-5-2-6-10-12/h1-10H,(H,15,17)(H,16,18). The Morgan fingerprint density at radius 1 is 0.667 bits per heavy atom. The average molecular weight is 304 g/mol. The van der Waals surface area contributed by atoms with E-state index < -0.39 is 20.3 Å². The van der Waals surface area contributed by atoms with Crippen LogP contribution in [0.2, 0.25) is 0 Å². The van der Waals surface area contributed by atoms with Crippen LogP contribution in [0.1, 0.15) is 0 Å². The van der Waals surface area contributed by atoms with Crippen molar-refractivity contribution in [2.24, 2.45) is 0 Å². The van der Waals surface area contributed by atoms with Crippen molar-refractivity contribution in [2.75, 3.05) is 10.6 Å². The molecule has 2 aromatic carbocycles. The van der Waals surface area contributed by atoms with E-state index in [1.807, 2.05) is 0 Å². The molecule has 0 aromatic heterocycles. The molecule has 2 N–H and O–H groups in total. The predicted molar refractivity (Wildman–Crippen MR) is 79.8 cm³/mol. The Bertz CT molecular complexity index is 684. The topological polar surface area (TPSA) is 92.3 Å². The highest BCUT2D eigenvalue weighted by Crippen LogP contribution is 2.11. The maximum Gasteiger partial charge on any atom is 0.350 e. The SMILES string of the molecule is O=C(Nc1ccccc1)S(=O)(=O)C(=O)Nc1ccccc1. The molecule has 0 bridgehead atoms. The van der Waals surface area contributed by atoms with Gasteiger partial charge in [0.25, 0.3) is 0 Å². The fourth-order valence-electron chi connectivity index (χ4n) is 1.50. The minimum atomic E-state index is -4.64. The molecule has 0 spiro atoms. The van der Waals surface area contributed by atoms with Crippen molar-refractivity contribution in [3.63, 3.8) is 0 Å². The van der Waals surface area contributed by atoms with E-state index in [0.717, 1.165) is 0 Å². The Morgan fingerprint density at radius 2 is 1.00 bits per heavy atom. The average Bonchev–Trinajstić information content (AvgIpc) is 2.49. The van der Waals surface area contributed by atoms with E-state index in [4.69, 9.17) is 0 Å². The number of para-hydroxylation sites is 2. The van der Waals surface area contributed by atoms with Gasteiger partial charge in [-0.15, -0.1) is 0 Å². The second kappa shape index (κ2) is 6.19. The molecule has 6 nitrogen and oxygen atoms in total. The molecule has 2 amide bonds. The van der Waals surface area contributed by atoms with Crippen LogP contribution >= 0.6 is 0 Å². The molecule has 0 aliphatic carbocycles. The van der Waals surface area contributed by atoms with Crippen LogP contribution in [0.25, 0.3) is 0 Å². The van der Waals surface area contributed by atoms with E-state index in [0.29, 0.717) is 11.4 Å². The Balaban J connectivity index is 2.10. The smallest absolute Gasteiger partial charge is 0.312 e. The minimum Gasteiger partial charge on any atom is -0.312 e. The zero-order chi connectivity index (χ0) is 15.3. The summed E-state index contributed by atoms with van der Waals surface area (Å²) in [5, 5.41) is 1.58. The number of sulfone groups is 1. The number of amides is 2. The van der Waals surface area contributed by atoms with Gasteiger partial charge in [-0.2, -0.15) is 0 Å². The number of nitrogens with one attached hydrogen (secondary N) is 2. The normalized spacial score (nSPS) is 10.7. The van der Waals surface area contributed by atoms with Gasteiger partial charge in [-0.1, -0.05) is 36.4 Å². The molecule has 0 atom stereocenters. The summed E-state index contributed by atoms with van der Waals surface area (Å²) in [5.41, 5.74) is 0.581. The molecule has 7 heteroatoms. The number of hydrogen-bond acceptors (Lipinski definition) is 4. The molecular weight excluding hydrogens is 292 g/mol. The Labute approximate surface area is 121 Å². The van der Waals surface area contributed by atoms with Crippen molar-refractivity contribution in [2.45, 2.75) is 0 Å². The van der Waals surface area contributed by atoms with E-state index in [1.165, 1.54) is 24.3 Å². The first-order valence-corrected chi connectivity index (χ1v) is 7.45. The Hall–Kier alpha value is -2.67. The van der Waals surface area contributed by atoms with E-state index in [-0.39, 0.29) is 0 Å². The van der Waals surface area contributed by atoms with E-state index in [1.54, 1.807) is 36.4 Å². The van der Waals surface area contributed by atoms with Gasteiger partial charge in [-0.3, -0.25) is 9.59 Å². The quantitative estimate of drug-likeness (QED) is 0.892. The van der Waals surface area contributed by atoms with Crippen LogP contribution < -0.4 is 10.6 Å². The van der Waals surface area contributed by atoms with E-state index in [2.05, 4.69) is 10.6 Å². The Morgan fingerprint density at radius 3 is 1.33 bits per heavy atom. The lowest BCUT2D eigenvalue weighted by molar-refractivity contribution is 0.263. The summed E-state index contributed by atoms with van der Waals surface area (Å²) in [6, 6.07) is 16.0. The third-order valence-corrected chi connectivity index (χ3v) is 3.71. The second-order valence-electron chi connectivity index (χ2n) is 4.06. The number of carbonyl (C=O) groups excluding carboxylic acids is 2. The molecule has 0 fully saturated rings. The molecular formula is C14H12N2O4S. The van der Waals surface area contributed by atoms with Crippen LogP contribution in [-0.4, -0.2) is 18.9 Å². The first kappa shape index (κ1) is 14.7. The van der Waals surface area contributed by atoms with E-state index >= 15 is 0 Å². The van der Waals surface area contributed by atoms with Crippen LogP contribution in [0.15, 0.2) is 60.7 Å². The van der Waals surface area contributed by atoms with Crippen molar-refractivity contribution in [3.8, 4) is 0 Å². The second-order valence-corrected chi connectivity index (χ2v) is 5.81. The highest BCUT2D eigenvalue weighted by Gasteiger charge is 2.31. The van der Waals surface area contributed by atoms with Crippen molar-refractivity contribution < 1.29 is 18.0 Å². The van der Waals surface area contributed by atoms with Gasteiger partial charge in [0.1, 0.15) is 0 Å². The molecule has 0 heterocycles. The lowest BCUT2D eigenvalue weighted by Crippen LogP contribution is -2.31. The zero-order valence-electron chi connectivity index (χ0n) is 10.8. The lowest BCUT2D eigenvalue weighted by atomic mass is 10.3. The molecule has 0 radical (unpaired) electrons. The maximum absolute atomic E-state index is 11.8. The molecule has 2 rings (SSSR count). The lowest BCUT2D eigenvalue weighted by Gasteiger charge is -2.07. The van der Waals surface area contributed by atoms with Gasteiger partial charge in [0, 0.05) is 11.4 Å². The monoisotopic (exact) mass is 304 g/mol. The summed E-state index contributed by atoms with van der Waals surface area (Å²) in [7, 11) is -4.64. The highest BCUT2D eigenvalue weighted by atomic mass is 32.2. The largest absolute Gasteiger partial charge is 0.350 e. The molecule has 0 unspecified atom stereocenters. The highest BCUT2D eigenvalue weighted by molar-refractivity contribution is 8.19. The molecule has 2 aromatic rings. The summed E-state index contributed by atoms with van der Waals surface area (Å²) in [6.45, 7) is 0. The van der Waals surface area contributed by atoms with Gasteiger partial charge >= 0.3 is 20.3 Å². The van der Waals surface area contributed by atoms with Crippen LogP contribution in [-0.2, 0) is 9.84 Å². The van der Waals surface area contributed by atoms with Crippen molar-refractivity contribution in [1.82, 2.24) is 0 Å². The molecule has 0 saturated heterocycles. The third-order valence-electron chi connectivity index (χ3n) is 2.53. The van der Waals surface area contributed by atoms with Crippen LogP contribution in [0.5, 0.6) is 0 Å². The van der Waals surface area contributed by atoms with Gasteiger partial charge in [-0.05, 0) is 24.3 Å². The summed E-state index contributed by atoms with van der Waals surface area (Å²) in [4.78, 5) is 23.4. The number of anilines is 2. The summed E-state index contributed by atoms with van der Waals surface area (Å²) in [5.74, 6) is 0. The van der Waals surface area contributed by atoms with Gasteiger partial charge < -0.3 is 10.6 Å². The fourth-order valence-corrected chi connectivity index (χ4v) is 2.17. The molecule has 0 saturated carbocycles. The minimum absolute atomic E-state index is 0.290. The summed E-state index contributed by atoms with van der Waals surface area (Å²) in [6.07, 6.45) is 0. The van der Waals surface area contributed by atoms with Gasteiger partial charge in [0.2, 0.25) is 0 Å². The maximum atomic E-state index is 11.8. The number of hydrogen-bond donors (Lipinski definition) is 2.